The second-order valence-electron chi connectivity index (χ2n) is 8.05. The van der Waals surface area contributed by atoms with Gasteiger partial charge in [0.1, 0.15) is 0 Å². The van der Waals surface area contributed by atoms with E-state index in [1.165, 1.54) is 5.56 Å². The molecule has 2 heterocycles. The van der Waals surface area contributed by atoms with Gasteiger partial charge in [0.15, 0.2) is 5.78 Å². The number of hydrogen-bond acceptors (Lipinski definition) is 3. The molecule has 2 aromatic rings. The van der Waals surface area contributed by atoms with Gasteiger partial charge >= 0.3 is 0 Å². The Kier molecular flexibility index (Phi) is 5.36. The first-order chi connectivity index (χ1) is 13.5. The smallest absolute Gasteiger partial charge is 0.227 e. The standard InChI is InChI=1S/C23H28N2O3/c1-16-19(13-22(28)24-12-6-9-18(26)15-24)23-20(10-5-11-21(23)27)25(16)14-17-7-3-2-4-8-17/h2-4,7-8,18,26H,5-6,9-15H2,1H3. The molecule has 0 spiro atoms. The molecule has 1 saturated heterocycles. The maximum atomic E-state index is 12.9. The predicted molar refractivity (Wildman–Crippen MR) is 108 cm³/mol. The molecule has 148 valence electrons. The van der Waals surface area contributed by atoms with Gasteiger partial charge in [-0.15, -0.1) is 0 Å². The van der Waals surface area contributed by atoms with Crippen molar-refractivity contribution in [2.24, 2.45) is 0 Å². The van der Waals surface area contributed by atoms with Crippen molar-refractivity contribution in [3.05, 3.63) is 58.4 Å². The lowest BCUT2D eigenvalue weighted by Gasteiger charge is -2.30. The van der Waals surface area contributed by atoms with Gasteiger partial charge in [0.25, 0.3) is 0 Å². The molecule has 1 amide bonds. The lowest BCUT2D eigenvalue weighted by molar-refractivity contribution is -0.133. The normalized spacial score (nSPS) is 19.6. The van der Waals surface area contributed by atoms with Crippen LogP contribution in [-0.2, 0) is 24.2 Å². The van der Waals surface area contributed by atoms with Crippen LogP contribution in [0, 0.1) is 6.92 Å². The van der Waals surface area contributed by atoms with E-state index in [1.807, 2.05) is 25.1 Å². The summed E-state index contributed by atoms with van der Waals surface area (Å²) in [5.74, 6) is 0.178. The fraction of sp³-hybridized carbons (Fsp3) is 0.478. The Hall–Kier alpha value is -2.40. The summed E-state index contributed by atoms with van der Waals surface area (Å²) in [7, 11) is 0. The number of nitrogens with zero attached hydrogens (tertiary/aromatic N) is 2. The molecule has 2 aliphatic rings. The van der Waals surface area contributed by atoms with E-state index in [9.17, 15) is 14.7 Å². The minimum atomic E-state index is -0.433. The van der Waals surface area contributed by atoms with Crippen LogP contribution in [0.2, 0.25) is 0 Å². The van der Waals surface area contributed by atoms with Crippen LogP contribution in [0.15, 0.2) is 30.3 Å². The molecular formula is C23H28N2O3. The van der Waals surface area contributed by atoms with Crippen LogP contribution < -0.4 is 0 Å². The zero-order chi connectivity index (χ0) is 19.7. The molecule has 1 atom stereocenters. The fourth-order valence-electron chi connectivity index (χ4n) is 4.63. The molecule has 4 rings (SSSR count). The maximum absolute atomic E-state index is 12.9. The van der Waals surface area contributed by atoms with E-state index in [4.69, 9.17) is 0 Å². The lowest BCUT2D eigenvalue weighted by Crippen LogP contribution is -2.43. The first kappa shape index (κ1) is 18.9. The van der Waals surface area contributed by atoms with Crippen molar-refractivity contribution in [2.75, 3.05) is 13.1 Å². The van der Waals surface area contributed by atoms with Gasteiger partial charge in [-0.2, -0.15) is 0 Å². The number of hydrogen-bond donors (Lipinski definition) is 1. The average Bonchev–Trinajstić information content (AvgIpc) is 2.96. The van der Waals surface area contributed by atoms with Gasteiger partial charge < -0.3 is 14.6 Å². The Balaban J connectivity index is 1.66. The van der Waals surface area contributed by atoms with Gasteiger partial charge in [-0.3, -0.25) is 9.59 Å². The summed E-state index contributed by atoms with van der Waals surface area (Å²) in [4.78, 5) is 27.4. The number of aliphatic hydroxyl groups excluding tert-OH is 1. The second-order valence-corrected chi connectivity index (χ2v) is 8.05. The Bertz CT molecular complexity index is 885. The number of piperidine rings is 1. The molecule has 5 heteroatoms. The van der Waals surface area contributed by atoms with E-state index in [0.29, 0.717) is 19.5 Å². The highest BCUT2D eigenvalue weighted by Crippen LogP contribution is 2.31. The summed E-state index contributed by atoms with van der Waals surface area (Å²) in [6.07, 6.45) is 3.71. The van der Waals surface area contributed by atoms with Crippen molar-refractivity contribution in [2.45, 2.75) is 58.1 Å². The van der Waals surface area contributed by atoms with Crippen LogP contribution in [-0.4, -0.2) is 45.5 Å². The van der Waals surface area contributed by atoms with Crippen LogP contribution >= 0.6 is 0 Å². The number of Topliss-reactive ketones (excluding diaryl/α,β-unsaturated/α-hetero) is 1. The molecule has 1 unspecified atom stereocenters. The molecule has 1 aliphatic carbocycles. The molecule has 1 aromatic heterocycles. The van der Waals surface area contributed by atoms with Crippen molar-refractivity contribution < 1.29 is 14.7 Å². The van der Waals surface area contributed by atoms with Gasteiger partial charge in [0.05, 0.1) is 12.5 Å². The average molecular weight is 380 g/mol. The van der Waals surface area contributed by atoms with E-state index < -0.39 is 6.10 Å². The number of likely N-dealkylation sites (tertiary alicyclic amines) is 1. The highest BCUT2D eigenvalue weighted by atomic mass is 16.3. The SMILES string of the molecule is Cc1c(CC(=O)N2CCCC(O)C2)c2c(n1Cc1ccccc1)CCCC2=O. The van der Waals surface area contributed by atoms with Crippen molar-refractivity contribution in [3.63, 3.8) is 0 Å². The summed E-state index contributed by atoms with van der Waals surface area (Å²) < 4.78 is 2.23. The number of aromatic nitrogens is 1. The third kappa shape index (κ3) is 3.63. The highest BCUT2D eigenvalue weighted by Gasteiger charge is 2.30. The first-order valence-corrected chi connectivity index (χ1v) is 10.3. The molecule has 1 aliphatic heterocycles. The van der Waals surface area contributed by atoms with Crippen LogP contribution in [0.3, 0.4) is 0 Å². The molecule has 0 bridgehead atoms. The molecule has 0 saturated carbocycles. The van der Waals surface area contributed by atoms with Crippen molar-refractivity contribution in [1.82, 2.24) is 9.47 Å². The number of ketones is 1. The van der Waals surface area contributed by atoms with Crippen LogP contribution in [0.5, 0.6) is 0 Å². The molecule has 1 aromatic carbocycles. The van der Waals surface area contributed by atoms with Crippen LogP contribution in [0.25, 0.3) is 0 Å². The highest BCUT2D eigenvalue weighted by molar-refractivity contribution is 6.01. The Morgan fingerprint density at radius 2 is 1.96 bits per heavy atom. The first-order valence-electron chi connectivity index (χ1n) is 10.3. The molecule has 1 fully saturated rings. The minimum Gasteiger partial charge on any atom is -0.391 e. The number of amides is 1. The lowest BCUT2D eigenvalue weighted by atomic mass is 9.91. The minimum absolute atomic E-state index is 0.0138. The largest absolute Gasteiger partial charge is 0.391 e. The summed E-state index contributed by atoms with van der Waals surface area (Å²) in [6, 6.07) is 10.2. The third-order valence-corrected chi connectivity index (χ3v) is 6.11. The van der Waals surface area contributed by atoms with Gasteiger partial charge in [0.2, 0.25) is 5.91 Å². The summed E-state index contributed by atoms with van der Waals surface area (Å²) in [5.41, 5.74) is 4.97. The molecule has 0 radical (unpaired) electrons. The second kappa shape index (κ2) is 7.92. The molecule has 5 nitrogen and oxygen atoms in total. The number of benzene rings is 1. The maximum Gasteiger partial charge on any atom is 0.227 e. The third-order valence-electron chi connectivity index (χ3n) is 6.11. The van der Waals surface area contributed by atoms with E-state index in [2.05, 4.69) is 16.7 Å². The fourth-order valence-corrected chi connectivity index (χ4v) is 4.63. The van der Waals surface area contributed by atoms with Gasteiger partial charge in [-0.25, -0.2) is 0 Å². The Morgan fingerprint density at radius 1 is 1.18 bits per heavy atom. The predicted octanol–water partition coefficient (Wildman–Crippen LogP) is 2.89. The van der Waals surface area contributed by atoms with Gasteiger partial charge in [-0.1, -0.05) is 30.3 Å². The summed E-state index contributed by atoms with van der Waals surface area (Å²) in [6.45, 7) is 3.84. The van der Waals surface area contributed by atoms with Crippen molar-refractivity contribution >= 4 is 11.7 Å². The number of fused-ring (bicyclic) bond motifs is 1. The Morgan fingerprint density at radius 3 is 2.71 bits per heavy atom. The zero-order valence-electron chi connectivity index (χ0n) is 16.5. The zero-order valence-corrected chi connectivity index (χ0v) is 16.5. The number of rotatable bonds is 4. The summed E-state index contributed by atoms with van der Waals surface area (Å²) in [5, 5.41) is 9.90. The van der Waals surface area contributed by atoms with Crippen LogP contribution in [0.4, 0.5) is 0 Å². The van der Waals surface area contributed by atoms with Crippen LogP contribution in [0.1, 0.15) is 58.6 Å². The van der Waals surface area contributed by atoms with E-state index in [0.717, 1.165) is 54.7 Å². The molecule has 1 N–H and O–H groups in total. The molecular weight excluding hydrogens is 352 g/mol. The molecule has 28 heavy (non-hydrogen) atoms. The van der Waals surface area contributed by atoms with Gasteiger partial charge in [0, 0.05) is 43.0 Å². The van der Waals surface area contributed by atoms with E-state index >= 15 is 0 Å². The van der Waals surface area contributed by atoms with E-state index in [-0.39, 0.29) is 18.1 Å². The number of carbonyl (C=O) groups excluding carboxylic acids is 2. The van der Waals surface area contributed by atoms with Gasteiger partial charge in [-0.05, 0) is 43.7 Å². The van der Waals surface area contributed by atoms with Crippen molar-refractivity contribution in [1.29, 1.82) is 0 Å². The summed E-state index contributed by atoms with van der Waals surface area (Å²) >= 11 is 0. The number of β-amino-alcohol motifs (C(OH)–C–C–N with tert-alkyl or cyclic N) is 1. The number of aliphatic hydroxyl groups is 1. The van der Waals surface area contributed by atoms with E-state index in [1.54, 1.807) is 4.90 Å². The topological polar surface area (TPSA) is 62.5 Å². The van der Waals surface area contributed by atoms with Crippen molar-refractivity contribution in [3.8, 4) is 0 Å². The Labute approximate surface area is 166 Å². The quantitative estimate of drug-likeness (QED) is 0.887. The monoisotopic (exact) mass is 380 g/mol. The number of carbonyl (C=O) groups is 2.